The molecule has 1 radical (unpaired) electrons. The number of thiophene rings is 1. The minimum absolute atomic E-state index is 0. The normalized spacial score (nSPS) is 12.6. The van der Waals surface area contributed by atoms with Crippen molar-refractivity contribution in [2.24, 2.45) is 0 Å². The van der Waals surface area contributed by atoms with Crippen LogP contribution in [0.4, 0.5) is 4.39 Å². The number of fused-ring (bicyclic) bond motifs is 7. The Morgan fingerprint density at radius 1 is 0.746 bits per heavy atom. The predicted octanol–water partition coefficient (Wildman–Crippen LogP) is 14.3. The number of furan rings is 1. The van der Waals surface area contributed by atoms with Crippen molar-refractivity contribution >= 4 is 82.3 Å². The first kappa shape index (κ1) is 38.9. The Balaban J connectivity index is 0.000000211. The van der Waals surface area contributed by atoms with E-state index < -0.39 is 25.9 Å². The second-order valence-corrected chi connectivity index (χ2v) is 28.3. The second kappa shape index (κ2) is 16.7. The number of aryl methyl sites for hydroxylation is 4. The van der Waals surface area contributed by atoms with Crippen LogP contribution in [0.25, 0.3) is 92.9 Å². The van der Waals surface area contributed by atoms with Crippen LogP contribution < -0.4 is 4.40 Å². The summed E-state index contributed by atoms with van der Waals surface area (Å²) in [5, 5.41) is 4.65. The van der Waals surface area contributed by atoms with Gasteiger partial charge in [0.2, 0.25) is 0 Å². The second-order valence-electron chi connectivity index (χ2n) is 16.7. The topological polar surface area (TPSA) is 56.7 Å². The van der Waals surface area contributed by atoms with E-state index >= 15 is 0 Å². The maximum absolute atomic E-state index is 13.8. The molecule has 0 aliphatic carbocycles. The Labute approximate surface area is 390 Å². The Morgan fingerprint density at radius 3 is 2.32 bits per heavy atom. The molecule has 11 rings (SSSR count). The van der Waals surface area contributed by atoms with Gasteiger partial charge in [0.15, 0.2) is 0 Å². The summed E-state index contributed by atoms with van der Waals surface area (Å²) in [6.07, 6.45) is 1.61. The van der Waals surface area contributed by atoms with Crippen LogP contribution in [0.15, 0.2) is 138 Å². The molecule has 313 valence electrons. The van der Waals surface area contributed by atoms with Gasteiger partial charge in [0.25, 0.3) is 0 Å². The maximum Gasteiger partial charge on any atom is 0 e. The number of pyridine rings is 2. The number of benzene rings is 6. The van der Waals surface area contributed by atoms with Crippen LogP contribution in [0.5, 0.6) is 0 Å². The van der Waals surface area contributed by atoms with Gasteiger partial charge in [0.1, 0.15) is 16.0 Å². The molecule has 9 heteroatoms. The molecule has 0 spiro atoms. The Kier molecular flexibility index (Phi) is 10.3. The van der Waals surface area contributed by atoms with Crippen LogP contribution in [0.3, 0.4) is 0 Å². The summed E-state index contributed by atoms with van der Waals surface area (Å²) in [7, 11) is 0. The number of hydrogen-bond acceptors (Lipinski definition) is 5. The molecule has 0 saturated heterocycles. The zero-order chi connectivity index (χ0) is 45.4. The zero-order valence-electron chi connectivity index (χ0n) is 38.5. The van der Waals surface area contributed by atoms with Crippen molar-refractivity contribution in [3.8, 4) is 39.6 Å². The fraction of sp³-hybridized carbons (Fsp3) is 0.130. The van der Waals surface area contributed by atoms with Gasteiger partial charge in [-0.2, -0.15) is 11.3 Å². The van der Waals surface area contributed by atoms with Gasteiger partial charge in [-0.3, -0.25) is 4.98 Å². The molecule has 0 amide bonds. The van der Waals surface area contributed by atoms with Crippen LogP contribution in [-0.2, 0) is 20.1 Å². The van der Waals surface area contributed by atoms with Crippen molar-refractivity contribution in [3.63, 3.8) is 0 Å². The predicted molar refractivity (Wildman–Crippen MR) is 259 cm³/mol. The molecule has 11 aromatic rings. The summed E-state index contributed by atoms with van der Waals surface area (Å²) in [4.78, 5) is 15.7. The smallest absolute Gasteiger partial charge is 0 e. The summed E-state index contributed by atoms with van der Waals surface area (Å²) in [6, 6.07) is 48.1. The summed E-state index contributed by atoms with van der Waals surface area (Å²) in [5.74, 6) is 6.75. The van der Waals surface area contributed by atoms with E-state index in [0.29, 0.717) is 5.69 Å². The molecular formula is C54H43FGeIrN4OS-2. The number of hydrogen-bond donors (Lipinski definition) is 0. The molecule has 0 atom stereocenters. The van der Waals surface area contributed by atoms with Gasteiger partial charge in [-0.1, -0.05) is 84.6 Å². The molecule has 5 nitrogen and oxygen atoms in total. The number of rotatable bonds is 5. The fourth-order valence-corrected chi connectivity index (χ4v) is 12.6. The van der Waals surface area contributed by atoms with Gasteiger partial charge in [-0.15, -0.1) is 17.7 Å². The van der Waals surface area contributed by atoms with E-state index in [1.807, 2.05) is 18.2 Å². The molecule has 0 fully saturated rings. The minimum Gasteiger partial charge on any atom is 0 e. The standard InChI is InChI=1S/C39H26N3OS.C15H17FGeN.Ir/c1-22-17-18-28(37-34(22)27-19-20-30(41-39(27)44-37)25-11-5-4-6-12-25)38-40-31-14-8-9-15-32(31)42(38)35-23(2)21-29-26-13-7-10-16-33(26)43-36(29)24(35)3;1-11-9-15(12-7-5-6-8-13(12)16)18-10-14(11)17(2,3)4;/h4-17,19-21H,1-3H3;5-6,8-10H,1-4H3;/q2*-1;/i;1D3;. The molecule has 0 unspecified atom stereocenters. The quantitative estimate of drug-likeness (QED) is 0.127. The molecule has 0 N–H and O–H groups in total. The molecule has 5 aromatic heterocycles. The first-order valence-corrected chi connectivity index (χ1v) is 28.7. The Morgan fingerprint density at radius 2 is 1.52 bits per heavy atom. The summed E-state index contributed by atoms with van der Waals surface area (Å²) < 4.78 is 47.8. The minimum atomic E-state index is -2.38. The van der Waals surface area contributed by atoms with Crippen LogP contribution in [-0.4, -0.2) is 32.8 Å². The first-order chi connectivity index (χ1) is 31.2. The van der Waals surface area contributed by atoms with Gasteiger partial charge in [0, 0.05) is 53.1 Å². The van der Waals surface area contributed by atoms with Gasteiger partial charge in [0.05, 0.1) is 22.6 Å². The average Bonchev–Trinajstić information content (AvgIpc) is 3.99. The van der Waals surface area contributed by atoms with Crippen molar-refractivity contribution in [1.82, 2.24) is 19.5 Å². The first-order valence-electron chi connectivity index (χ1n) is 22.0. The van der Waals surface area contributed by atoms with E-state index in [0.717, 1.165) is 86.2 Å². The van der Waals surface area contributed by atoms with Crippen molar-refractivity contribution < 1.29 is 33.0 Å². The van der Waals surface area contributed by atoms with Crippen LogP contribution in [0.1, 0.15) is 26.4 Å². The SMILES string of the molecule is Cc1cc2c(oc3ccccc32)c(C)c1-n1c(-c2[c-]cc(C)c3c2sc2nc(-c4ccccc4)ccc23)nc2ccccc21.[2H]C([2H])([2H])c1cc(-c2[c-]cccc2F)nc[c]1[Ge]([CH3])([CH3])[CH3].[Ir]. The number of nitrogens with zero attached hydrogens (tertiary/aromatic N) is 4. The van der Waals surface area contributed by atoms with Gasteiger partial charge in [-0.05, 0) is 54.4 Å². The van der Waals surface area contributed by atoms with E-state index in [9.17, 15) is 4.39 Å². The number of aromatic nitrogens is 4. The fourth-order valence-electron chi connectivity index (χ4n) is 8.54. The van der Waals surface area contributed by atoms with E-state index in [4.69, 9.17) is 18.5 Å². The molecule has 0 aliphatic rings. The molecule has 0 saturated carbocycles. The summed E-state index contributed by atoms with van der Waals surface area (Å²) in [6.45, 7) is 4.28. The van der Waals surface area contributed by atoms with E-state index in [-0.39, 0.29) is 31.2 Å². The zero-order valence-corrected chi connectivity index (χ0v) is 40.8. The average molecular weight is 1080 g/mol. The van der Waals surface area contributed by atoms with Crippen molar-refractivity contribution in [3.05, 3.63) is 174 Å². The Bertz CT molecular complexity index is 3650. The molecule has 63 heavy (non-hydrogen) atoms. The molecule has 6 aromatic carbocycles. The summed E-state index contributed by atoms with van der Waals surface area (Å²) >= 11 is -0.656. The molecule has 0 bridgehead atoms. The summed E-state index contributed by atoms with van der Waals surface area (Å²) in [5.41, 5.74) is 12.2. The van der Waals surface area contributed by atoms with E-state index in [1.54, 1.807) is 29.7 Å². The van der Waals surface area contributed by atoms with Crippen LogP contribution >= 0.6 is 11.3 Å². The monoisotopic (exact) mass is 1080 g/mol. The number of imidazole rings is 1. The van der Waals surface area contributed by atoms with Gasteiger partial charge in [-0.25, -0.2) is 4.98 Å². The molecule has 5 heterocycles. The third-order valence-corrected chi connectivity index (χ3v) is 16.9. The van der Waals surface area contributed by atoms with Crippen molar-refractivity contribution in [2.45, 2.75) is 44.9 Å². The van der Waals surface area contributed by atoms with E-state index in [1.165, 1.54) is 28.6 Å². The number of para-hydroxylation sites is 3. The largest absolute Gasteiger partial charge is 0 e. The van der Waals surface area contributed by atoms with Crippen LogP contribution in [0.2, 0.25) is 17.3 Å². The third kappa shape index (κ3) is 7.53. The third-order valence-electron chi connectivity index (χ3n) is 11.5. The van der Waals surface area contributed by atoms with E-state index in [2.05, 4.69) is 145 Å². The Hall–Kier alpha value is -5.77. The molecule has 0 aliphatic heterocycles. The molecular weight excluding hydrogens is 1040 g/mol. The maximum atomic E-state index is 13.8. The van der Waals surface area contributed by atoms with Gasteiger partial charge < -0.3 is 8.98 Å². The van der Waals surface area contributed by atoms with Gasteiger partial charge >= 0.3 is 114 Å². The van der Waals surface area contributed by atoms with Crippen molar-refractivity contribution in [2.75, 3.05) is 0 Å². The van der Waals surface area contributed by atoms with Crippen molar-refractivity contribution in [1.29, 1.82) is 0 Å². The van der Waals surface area contributed by atoms with Crippen LogP contribution in [0, 0.1) is 45.6 Å². The number of halogens is 1.